The molecular weight excluding hydrogens is 538 g/mol. The molecule has 3 aromatic rings. The Balaban J connectivity index is 1.45. The van der Waals surface area contributed by atoms with Gasteiger partial charge in [0, 0.05) is 23.6 Å². The highest BCUT2D eigenvalue weighted by atomic mass is 32.2. The lowest BCUT2D eigenvalue weighted by molar-refractivity contribution is -0.384. The number of non-ortho nitro benzene ring substituents is 1. The zero-order valence-electron chi connectivity index (χ0n) is 21.7. The van der Waals surface area contributed by atoms with Crippen molar-refractivity contribution in [1.82, 2.24) is 0 Å². The number of ether oxygens (including phenoxy) is 3. The number of benzene rings is 3. The smallest absolute Gasteiger partial charge is 0.338 e. The van der Waals surface area contributed by atoms with E-state index in [-0.39, 0.29) is 22.4 Å². The van der Waals surface area contributed by atoms with Crippen LogP contribution in [0.4, 0.5) is 5.69 Å². The molecule has 0 unspecified atom stereocenters. The minimum absolute atomic E-state index is 0.0859. The highest BCUT2D eigenvalue weighted by Crippen LogP contribution is 2.42. The van der Waals surface area contributed by atoms with Gasteiger partial charge in [0.2, 0.25) is 0 Å². The number of aliphatic hydroxyl groups is 1. The number of hydrogen-bond donors (Lipinski definition) is 1. The molecule has 1 fully saturated rings. The summed E-state index contributed by atoms with van der Waals surface area (Å²) < 4.78 is 17.7. The molecule has 0 amide bonds. The summed E-state index contributed by atoms with van der Waals surface area (Å²) in [5, 5.41) is 22.0. The zero-order chi connectivity index (χ0) is 27.8. The van der Waals surface area contributed by atoms with E-state index in [9.17, 15) is 20.0 Å². The van der Waals surface area contributed by atoms with E-state index in [4.69, 9.17) is 14.2 Å². The Bertz CT molecular complexity index is 1180. The summed E-state index contributed by atoms with van der Waals surface area (Å²) in [7, 11) is 0. The van der Waals surface area contributed by atoms with E-state index in [1.807, 2.05) is 36.4 Å². The number of thioether (sulfide) groups is 2. The van der Waals surface area contributed by atoms with Crippen molar-refractivity contribution in [2.75, 3.05) is 6.61 Å². The molecule has 0 saturated carbocycles. The predicted molar refractivity (Wildman–Crippen MR) is 152 cm³/mol. The van der Waals surface area contributed by atoms with Gasteiger partial charge in [0.05, 0.1) is 15.1 Å². The Hall–Kier alpha value is -2.89. The molecule has 1 N–H and O–H groups in total. The minimum atomic E-state index is -1.14. The Morgan fingerprint density at radius 1 is 0.923 bits per heavy atom. The molecule has 0 spiro atoms. The normalized spacial score (nSPS) is 19.1. The molecule has 0 aromatic heterocycles. The molecule has 39 heavy (non-hydrogen) atoms. The van der Waals surface area contributed by atoms with Crippen molar-refractivity contribution >= 4 is 35.2 Å². The van der Waals surface area contributed by atoms with E-state index in [1.165, 1.54) is 35.4 Å². The average molecular weight is 570 g/mol. The summed E-state index contributed by atoms with van der Waals surface area (Å²) in [4.78, 5) is 22.8. The zero-order valence-corrected chi connectivity index (χ0v) is 23.3. The van der Waals surface area contributed by atoms with Gasteiger partial charge in [-0.05, 0) is 37.1 Å². The largest absolute Gasteiger partial charge is 0.459 e. The van der Waals surface area contributed by atoms with Crippen LogP contribution in [-0.2, 0) is 25.7 Å². The van der Waals surface area contributed by atoms with Crippen LogP contribution in [0.1, 0.15) is 35.3 Å². The Labute approximate surface area is 236 Å². The van der Waals surface area contributed by atoms with Gasteiger partial charge in [0.1, 0.15) is 24.9 Å². The first-order valence-electron chi connectivity index (χ1n) is 12.5. The maximum atomic E-state index is 12.5. The maximum Gasteiger partial charge on any atom is 0.338 e. The number of nitro benzene ring substituents is 1. The fraction of sp³-hybridized carbons (Fsp3) is 0.345. The molecule has 10 heteroatoms. The first-order valence-corrected chi connectivity index (χ1v) is 14.6. The topological polar surface area (TPSA) is 108 Å². The van der Waals surface area contributed by atoms with E-state index in [0.717, 1.165) is 11.5 Å². The molecule has 0 radical (unpaired) electrons. The minimum Gasteiger partial charge on any atom is -0.459 e. The Morgan fingerprint density at radius 2 is 1.44 bits per heavy atom. The molecule has 0 aliphatic carbocycles. The van der Waals surface area contributed by atoms with Gasteiger partial charge in [-0.2, -0.15) is 0 Å². The van der Waals surface area contributed by atoms with E-state index >= 15 is 0 Å². The third-order valence-electron chi connectivity index (χ3n) is 6.02. The van der Waals surface area contributed by atoms with Crippen molar-refractivity contribution in [2.45, 2.75) is 54.0 Å². The van der Waals surface area contributed by atoms with Gasteiger partial charge < -0.3 is 19.3 Å². The molecule has 0 bridgehead atoms. The van der Waals surface area contributed by atoms with Crippen LogP contribution in [-0.4, -0.2) is 51.3 Å². The van der Waals surface area contributed by atoms with Crippen molar-refractivity contribution in [2.24, 2.45) is 0 Å². The lowest BCUT2D eigenvalue weighted by atomic mass is 10.1. The quantitative estimate of drug-likeness (QED) is 0.125. The number of carbonyl (C=O) groups is 1. The number of nitrogens with zero attached hydrogens (tertiary/aromatic N) is 1. The van der Waals surface area contributed by atoms with Gasteiger partial charge in [-0.25, -0.2) is 4.79 Å². The van der Waals surface area contributed by atoms with Crippen molar-refractivity contribution in [3.05, 3.63) is 112 Å². The van der Waals surface area contributed by atoms with Crippen molar-refractivity contribution in [1.29, 1.82) is 0 Å². The van der Waals surface area contributed by atoms with Crippen LogP contribution in [0.3, 0.4) is 0 Å². The number of esters is 1. The summed E-state index contributed by atoms with van der Waals surface area (Å²) in [6.45, 7) is 3.29. The number of nitro groups is 1. The van der Waals surface area contributed by atoms with Gasteiger partial charge in [0.25, 0.3) is 5.69 Å². The molecule has 206 valence electrons. The van der Waals surface area contributed by atoms with Crippen LogP contribution in [0.5, 0.6) is 0 Å². The van der Waals surface area contributed by atoms with Crippen LogP contribution in [0.2, 0.25) is 0 Å². The van der Waals surface area contributed by atoms with Crippen LogP contribution in [0, 0.1) is 10.1 Å². The fourth-order valence-electron chi connectivity index (χ4n) is 4.13. The van der Waals surface area contributed by atoms with Crippen LogP contribution >= 0.6 is 23.5 Å². The number of aliphatic hydroxyl groups excluding tert-OH is 1. The highest BCUT2D eigenvalue weighted by Gasteiger charge is 2.48. The van der Waals surface area contributed by atoms with Gasteiger partial charge >= 0.3 is 5.97 Å². The summed E-state index contributed by atoms with van der Waals surface area (Å²) in [6.07, 6.45) is -2.35. The highest BCUT2D eigenvalue weighted by molar-refractivity contribution is 8.16. The average Bonchev–Trinajstić information content (AvgIpc) is 3.27. The van der Waals surface area contributed by atoms with Gasteiger partial charge in [-0.15, -0.1) is 23.5 Å². The summed E-state index contributed by atoms with van der Waals surface area (Å²) in [6, 6.07) is 25.4. The number of rotatable bonds is 12. The third kappa shape index (κ3) is 8.30. The second-order valence-electron chi connectivity index (χ2n) is 9.50. The number of hydrogen-bond acceptors (Lipinski definition) is 9. The molecule has 1 aliphatic heterocycles. The molecule has 3 atom stereocenters. The maximum absolute atomic E-state index is 12.5. The van der Waals surface area contributed by atoms with Gasteiger partial charge in [0.15, 0.2) is 5.79 Å². The molecular formula is C29H31NO7S2. The molecule has 1 aliphatic rings. The summed E-state index contributed by atoms with van der Waals surface area (Å²) >= 11 is 3.44. The molecule has 1 saturated heterocycles. The van der Waals surface area contributed by atoms with Gasteiger partial charge in [-0.3, -0.25) is 10.1 Å². The lowest BCUT2D eigenvalue weighted by Gasteiger charge is -2.28. The molecule has 1 heterocycles. The van der Waals surface area contributed by atoms with Crippen LogP contribution < -0.4 is 0 Å². The van der Waals surface area contributed by atoms with Crippen molar-refractivity contribution < 1.29 is 29.0 Å². The van der Waals surface area contributed by atoms with E-state index in [1.54, 1.807) is 37.4 Å². The second-order valence-corrected chi connectivity index (χ2v) is 12.1. The van der Waals surface area contributed by atoms with Crippen LogP contribution in [0.15, 0.2) is 84.9 Å². The van der Waals surface area contributed by atoms with E-state index < -0.39 is 35.0 Å². The van der Waals surface area contributed by atoms with E-state index in [2.05, 4.69) is 24.3 Å². The first kappa shape index (κ1) is 29.1. The summed E-state index contributed by atoms with van der Waals surface area (Å²) in [5.74, 6) is -0.110. The standard InChI is InChI=1S/C29H31NO7S2/c1-29(2)36-25(24(31)17-35-27(32)22-13-15-23(16-14-22)30(33)34)26(37-29)28(38-18-20-9-5-3-6-10-20)39-19-21-11-7-4-8-12-21/h3-16,24-26,28,31H,17-19H2,1-2H3/t24-,25-,26-/m1/s1. The molecule has 8 nitrogen and oxygen atoms in total. The van der Waals surface area contributed by atoms with Crippen molar-refractivity contribution in [3.63, 3.8) is 0 Å². The first-order chi connectivity index (χ1) is 18.7. The van der Waals surface area contributed by atoms with Gasteiger partial charge in [-0.1, -0.05) is 60.7 Å². The summed E-state index contributed by atoms with van der Waals surface area (Å²) in [5.41, 5.74) is 2.39. The fourth-order valence-corrected chi connectivity index (χ4v) is 6.82. The lowest BCUT2D eigenvalue weighted by Crippen LogP contribution is -2.42. The SMILES string of the molecule is CC1(C)O[C@H]([C@H](O)COC(=O)c2ccc([N+](=O)[O-])cc2)[C@H](C(SCc2ccccc2)SCc2ccccc2)O1. The Morgan fingerprint density at radius 3 is 1.95 bits per heavy atom. The van der Waals surface area contributed by atoms with Crippen LogP contribution in [0.25, 0.3) is 0 Å². The Kier molecular flexibility index (Phi) is 10.0. The van der Waals surface area contributed by atoms with E-state index in [0.29, 0.717) is 0 Å². The monoisotopic (exact) mass is 569 g/mol. The molecule has 3 aromatic carbocycles. The predicted octanol–water partition coefficient (Wildman–Crippen LogP) is 5.83. The molecule has 4 rings (SSSR count). The number of carbonyl (C=O) groups excluding carboxylic acids is 1. The third-order valence-corrected chi connectivity index (χ3v) is 9.03. The second kappa shape index (κ2) is 13.5. The van der Waals surface area contributed by atoms with Crippen molar-refractivity contribution in [3.8, 4) is 0 Å².